The highest BCUT2D eigenvalue weighted by Gasteiger charge is 2.35. The molecule has 0 bridgehead atoms. The quantitative estimate of drug-likeness (QED) is 0.631. The Morgan fingerprint density at radius 1 is 1.12 bits per heavy atom. The Kier molecular flexibility index (Phi) is 5.94. The van der Waals surface area contributed by atoms with Gasteiger partial charge in [0.15, 0.2) is 0 Å². The van der Waals surface area contributed by atoms with Gasteiger partial charge >= 0.3 is 0 Å². The van der Waals surface area contributed by atoms with Gasteiger partial charge in [0.2, 0.25) is 5.91 Å². The van der Waals surface area contributed by atoms with Crippen LogP contribution in [0.25, 0.3) is 5.69 Å². The number of pyridine rings is 1. The predicted molar refractivity (Wildman–Crippen MR) is 117 cm³/mol. The molecule has 0 aliphatic carbocycles. The second-order valence-corrected chi connectivity index (χ2v) is 7.78. The lowest BCUT2D eigenvalue weighted by molar-refractivity contribution is -0.117. The number of hydrogen-bond donors (Lipinski definition) is 0. The highest BCUT2D eigenvalue weighted by Crippen LogP contribution is 2.27. The zero-order chi connectivity index (χ0) is 22.7. The zero-order valence-electron chi connectivity index (χ0n) is 17.9. The van der Waals surface area contributed by atoms with E-state index in [9.17, 15) is 14.9 Å². The van der Waals surface area contributed by atoms with Crippen molar-refractivity contribution < 1.29 is 9.59 Å². The van der Waals surface area contributed by atoms with Gasteiger partial charge in [0.1, 0.15) is 5.82 Å². The van der Waals surface area contributed by atoms with Crippen LogP contribution < -0.4 is 4.90 Å². The van der Waals surface area contributed by atoms with Crippen LogP contribution in [0.15, 0.2) is 55.0 Å². The first-order chi connectivity index (χ1) is 15.5. The van der Waals surface area contributed by atoms with Gasteiger partial charge in [-0.05, 0) is 44.0 Å². The molecule has 1 fully saturated rings. The summed E-state index contributed by atoms with van der Waals surface area (Å²) in [6.07, 6.45) is 6.11. The number of aromatic nitrogens is 4. The second kappa shape index (κ2) is 8.98. The van der Waals surface area contributed by atoms with E-state index >= 15 is 0 Å². The van der Waals surface area contributed by atoms with Gasteiger partial charge in [-0.2, -0.15) is 20.3 Å². The average Bonchev–Trinajstić information content (AvgIpc) is 3.35. The molecule has 1 aliphatic heterocycles. The maximum Gasteiger partial charge on any atom is 0.256 e. The van der Waals surface area contributed by atoms with E-state index in [1.54, 1.807) is 46.5 Å². The van der Waals surface area contributed by atoms with Gasteiger partial charge in [0.05, 0.1) is 41.3 Å². The van der Waals surface area contributed by atoms with E-state index in [1.807, 2.05) is 19.1 Å². The minimum absolute atomic E-state index is 0.00426. The van der Waals surface area contributed by atoms with Crippen molar-refractivity contribution in [2.45, 2.75) is 38.8 Å². The fourth-order valence-corrected chi connectivity index (χ4v) is 4.13. The number of carbonyl (C=O) groups excluding carboxylic acids is 2. The molecule has 0 spiro atoms. The molecule has 9 nitrogen and oxygen atoms in total. The van der Waals surface area contributed by atoms with Gasteiger partial charge in [-0.1, -0.05) is 12.1 Å². The van der Waals surface area contributed by atoms with Crippen molar-refractivity contribution in [3.05, 3.63) is 66.1 Å². The molecule has 3 heterocycles. The molecule has 1 saturated heterocycles. The van der Waals surface area contributed by atoms with Crippen LogP contribution in [-0.4, -0.2) is 55.3 Å². The van der Waals surface area contributed by atoms with Crippen molar-refractivity contribution in [3.8, 4) is 11.8 Å². The van der Waals surface area contributed by atoms with Crippen LogP contribution in [-0.2, 0) is 4.79 Å². The highest BCUT2D eigenvalue weighted by atomic mass is 16.2. The van der Waals surface area contributed by atoms with Crippen LogP contribution in [0.3, 0.4) is 0 Å². The van der Waals surface area contributed by atoms with Crippen LogP contribution in [0.2, 0.25) is 0 Å². The van der Waals surface area contributed by atoms with Gasteiger partial charge in [0.25, 0.3) is 5.91 Å². The minimum atomic E-state index is -0.246. The number of amides is 2. The van der Waals surface area contributed by atoms with E-state index in [-0.39, 0.29) is 23.9 Å². The molecule has 3 aromatic rings. The summed E-state index contributed by atoms with van der Waals surface area (Å²) in [4.78, 5) is 35.3. The molecule has 2 unspecified atom stereocenters. The van der Waals surface area contributed by atoms with E-state index in [0.29, 0.717) is 29.2 Å². The van der Waals surface area contributed by atoms with Gasteiger partial charge in [-0.15, -0.1) is 0 Å². The fourth-order valence-electron chi connectivity index (χ4n) is 4.13. The summed E-state index contributed by atoms with van der Waals surface area (Å²) in [6.45, 7) is 3.85. The van der Waals surface area contributed by atoms with Crippen molar-refractivity contribution in [1.29, 1.82) is 5.26 Å². The van der Waals surface area contributed by atoms with Crippen molar-refractivity contribution in [2.75, 3.05) is 11.4 Å². The van der Waals surface area contributed by atoms with Crippen molar-refractivity contribution in [3.63, 3.8) is 0 Å². The number of anilines is 1. The molecular weight excluding hydrogens is 406 g/mol. The predicted octanol–water partition coefficient (Wildman–Crippen LogP) is 2.58. The number of likely N-dealkylation sites (tertiary alicyclic amines) is 1. The molecule has 2 amide bonds. The Morgan fingerprint density at radius 3 is 2.59 bits per heavy atom. The fraction of sp³-hybridized carbons (Fsp3) is 0.304. The number of rotatable bonds is 4. The van der Waals surface area contributed by atoms with Crippen LogP contribution in [0, 0.1) is 11.3 Å². The van der Waals surface area contributed by atoms with E-state index in [1.165, 1.54) is 17.9 Å². The summed E-state index contributed by atoms with van der Waals surface area (Å²) >= 11 is 0. The van der Waals surface area contributed by atoms with Crippen molar-refractivity contribution >= 4 is 17.6 Å². The molecule has 2 atom stereocenters. The Bertz CT molecular complexity index is 1170. The summed E-state index contributed by atoms with van der Waals surface area (Å²) in [5.41, 5.74) is 1.53. The lowest BCUT2D eigenvalue weighted by Gasteiger charge is -2.42. The maximum atomic E-state index is 13.6. The number of carbonyl (C=O) groups is 2. The Labute approximate surface area is 185 Å². The second-order valence-electron chi connectivity index (χ2n) is 7.78. The highest BCUT2D eigenvalue weighted by molar-refractivity contribution is 5.98. The van der Waals surface area contributed by atoms with Gasteiger partial charge in [-0.25, -0.2) is 4.98 Å². The summed E-state index contributed by atoms with van der Waals surface area (Å²) in [5, 5.41) is 17.6. The Hall–Kier alpha value is -4.06. The first-order valence-electron chi connectivity index (χ1n) is 10.4. The molecule has 0 N–H and O–H groups in total. The SMILES string of the molecule is CC(=O)N(c1cc(C#N)ccn1)C1CCC(C)N(C(=O)c2ccccc2-n2nccn2)C1. The molecule has 2 aromatic heterocycles. The summed E-state index contributed by atoms with van der Waals surface area (Å²) in [5.74, 6) is 0.0997. The number of benzene rings is 1. The first kappa shape index (κ1) is 21.2. The monoisotopic (exact) mass is 429 g/mol. The van der Waals surface area contributed by atoms with Gasteiger partial charge < -0.3 is 4.90 Å². The Morgan fingerprint density at radius 2 is 1.88 bits per heavy atom. The van der Waals surface area contributed by atoms with Crippen molar-refractivity contribution in [1.82, 2.24) is 24.9 Å². The van der Waals surface area contributed by atoms with Crippen molar-refractivity contribution in [2.24, 2.45) is 0 Å². The van der Waals surface area contributed by atoms with E-state index in [2.05, 4.69) is 21.3 Å². The van der Waals surface area contributed by atoms with Crippen LogP contribution in [0.4, 0.5) is 5.82 Å². The zero-order valence-corrected chi connectivity index (χ0v) is 17.9. The minimum Gasteiger partial charge on any atom is -0.334 e. The number of nitriles is 1. The van der Waals surface area contributed by atoms with Gasteiger partial charge in [0, 0.05) is 25.7 Å². The maximum absolute atomic E-state index is 13.6. The van der Waals surface area contributed by atoms with Crippen LogP contribution in [0.1, 0.15) is 42.6 Å². The summed E-state index contributed by atoms with van der Waals surface area (Å²) in [6, 6.07) is 12.3. The molecule has 32 heavy (non-hydrogen) atoms. The molecular formula is C23H23N7O2. The molecule has 162 valence electrons. The first-order valence-corrected chi connectivity index (χ1v) is 10.4. The van der Waals surface area contributed by atoms with Crippen LogP contribution >= 0.6 is 0 Å². The lowest BCUT2D eigenvalue weighted by atomic mass is 9.96. The van der Waals surface area contributed by atoms with Gasteiger partial charge in [-0.3, -0.25) is 14.5 Å². The topological polar surface area (TPSA) is 108 Å². The smallest absolute Gasteiger partial charge is 0.256 e. The number of piperidine rings is 1. The average molecular weight is 429 g/mol. The standard InChI is InChI=1S/C23H23N7O2/c1-16-7-8-19(29(17(2)31)22-13-18(14-24)9-10-25-22)15-28(16)23(32)20-5-3-4-6-21(20)30-26-11-12-27-30/h3-6,9-13,16,19H,7-8,15H2,1-2H3. The third kappa shape index (κ3) is 4.07. The van der Waals surface area contributed by atoms with E-state index in [0.717, 1.165) is 12.8 Å². The molecule has 4 rings (SSSR count). The van der Waals surface area contributed by atoms with Crippen LogP contribution in [0.5, 0.6) is 0 Å². The largest absolute Gasteiger partial charge is 0.334 e. The summed E-state index contributed by atoms with van der Waals surface area (Å²) in [7, 11) is 0. The normalized spacial score (nSPS) is 18.1. The number of para-hydroxylation sites is 1. The molecule has 9 heteroatoms. The lowest BCUT2D eigenvalue weighted by Crippen LogP contribution is -2.54. The Balaban J connectivity index is 1.64. The summed E-state index contributed by atoms with van der Waals surface area (Å²) < 4.78 is 0. The molecule has 1 aliphatic rings. The number of hydrogen-bond acceptors (Lipinski definition) is 6. The number of nitrogens with zero attached hydrogens (tertiary/aromatic N) is 7. The molecule has 0 saturated carbocycles. The van der Waals surface area contributed by atoms with E-state index < -0.39 is 0 Å². The molecule has 0 radical (unpaired) electrons. The third-order valence-corrected chi connectivity index (χ3v) is 5.71. The third-order valence-electron chi connectivity index (χ3n) is 5.71. The molecule has 1 aromatic carbocycles. The van der Waals surface area contributed by atoms with E-state index in [4.69, 9.17) is 0 Å².